The number of fused-ring (bicyclic) bond motifs is 1. The fraction of sp³-hybridized carbons (Fsp3) is 0.478. The molecule has 2 aromatic heterocycles. The number of thiazole rings is 1. The number of anilines is 2. The molecule has 0 radical (unpaired) electrons. The lowest BCUT2D eigenvalue weighted by Crippen LogP contribution is -2.42. The largest absolute Gasteiger partial charge is 0.497 e. The summed E-state index contributed by atoms with van der Waals surface area (Å²) in [6, 6.07) is 6.64. The molecular weight excluding hydrogens is 442 g/mol. The first-order valence-electron chi connectivity index (χ1n) is 11.1. The summed E-state index contributed by atoms with van der Waals surface area (Å²) < 4.78 is 8.09. The molecule has 1 aromatic carbocycles. The third-order valence-corrected chi connectivity index (χ3v) is 7.02. The molecule has 0 unspecified atom stereocenters. The van der Waals surface area contributed by atoms with E-state index in [1.165, 1.54) is 20.5 Å². The second-order valence-electron chi connectivity index (χ2n) is 8.74. The number of hydrogen-bond donors (Lipinski definition) is 1. The molecule has 1 fully saturated rings. The lowest BCUT2D eigenvalue weighted by molar-refractivity contribution is -0.116. The van der Waals surface area contributed by atoms with Gasteiger partial charge in [-0.25, -0.2) is 9.78 Å². The van der Waals surface area contributed by atoms with Crippen molar-refractivity contribution < 1.29 is 9.53 Å². The van der Waals surface area contributed by atoms with E-state index in [0.29, 0.717) is 22.1 Å². The molecule has 1 aliphatic rings. The fourth-order valence-corrected chi connectivity index (χ4v) is 5.08. The summed E-state index contributed by atoms with van der Waals surface area (Å²) in [5.74, 6) is 0.884. The number of piperidine rings is 1. The van der Waals surface area contributed by atoms with Crippen molar-refractivity contribution in [2.24, 2.45) is 5.92 Å². The quantitative estimate of drug-likeness (QED) is 0.593. The maximum Gasteiger partial charge on any atom is 0.333 e. The number of carbonyl (C=O) groups is 1. The van der Waals surface area contributed by atoms with Gasteiger partial charge in [0.05, 0.1) is 7.11 Å². The van der Waals surface area contributed by atoms with Crippen LogP contribution in [0.3, 0.4) is 0 Å². The Labute approximate surface area is 195 Å². The van der Waals surface area contributed by atoms with Crippen molar-refractivity contribution in [2.75, 3.05) is 30.4 Å². The van der Waals surface area contributed by atoms with Gasteiger partial charge in [-0.1, -0.05) is 24.3 Å². The average Bonchev–Trinajstić information content (AvgIpc) is 3.23. The van der Waals surface area contributed by atoms with Crippen LogP contribution >= 0.6 is 11.3 Å². The van der Waals surface area contributed by atoms with Crippen LogP contribution in [0.4, 0.5) is 10.8 Å². The molecule has 0 bridgehead atoms. The maximum absolute atomic E-state index is 13.2. The monoisotopic (exact) mass is 471 g/mol. The molecule has 0 atom stereocenters. The standard InChI is InChI=1S/C23H29N5O4S/c1-14(2)28-21(30)19-20(25-22(33-19)26-10-8-15(3)9-11-26)27(23(28)31)13-18(29)24-16-6-5-7-17(12-16)32-4/h5-7,12,14-15H,8-11,13H2,1-4H3,(H,24,29). The zero-order chi connectivity index (χ0) is 23.7. The van der Waals surface area contributed by atoms with Gasteiger partial charge in [0.1, 0.15) is 17.0 Å². The molecule has 0 aliphatic carbocycles. The van der Waals surface area contributed by atoms with E-state index >= 15 is 0 Å². The Kier molecular flexibility index (Phi) is 6.55. The van der Waals surface area contributed by atoms with E-state index in [1.807, 2.05) is 0 Å². The van der Waals surface area contributed by atoms with Gasteiger partial charge in [0.2, 0.25) is 5.91 Å². The number of carbonyl (C=O) groups excluding carboxylic acids is 1. The van der Waals surface area contributed by atoms with Crippen molar-refractivity contribution in [1.82, 2.24) is 14.1 Å². The van der Waals surface area contributed by atoms with Gasteiger partial charge in [0.25, 0.3) is 5.56 Å². The Balaban J connectivity index is 1.73. The van der Waals surface area contributed by atoms with E-state index in [2.05, 4.69) is 22.1 Å². The van der Waals surface area contributed by atoms with Gasteiger partial charge in [0.15, 0.2) is 10.8 Å². The molecule has 3 aromatic rings. The number of nitrogens with zero attached hydrogens (tertiary/aromatic N) is 4. The normalized spacial score (nSPS) is 14.8. The molecule has 1 N–H and O–H groups in total. The van der Waals surface area contributed by atoms with Crippen LogP contribution < -0.4 is 26.2 Å². The number of aromatic nitrogens is 3. The van der Waals surface area contributed by atoms with Crippen LogP contribution in [0.1, 0.15) is 39.7 Å². The number of hydrogen-bond acceptors (Lipinski definition) is 7. The molecule has 1 saturated heterocycles. The van der Waals surface area contributed by atoms with Crippen molar-refractivity contribution in [2.45, 2.75) is 46.2 Å². The minimum absolute atomic E-state index is 0.250. The molecule has 1 amide bonds. The van der Waals surface area contributed by atoms with Crippen LogP contribution in [0.2, 0.25) is 0 Å². The molecule has 0 saturated carbocycles. The van der Waals surface area contributed by atoms with Gasteiger partial charge in [-0.3, -0.25) is 18.7 Å². The van der Waals surface area contributed by atoms with Crippen molar-refractivity contribution in [3.8, 4) is 5.75 Å². The molecule has 9 nitrogen and oxygen atoms in total. The first-order valence-corrected chi connectivity index (χ1v) is 11.9. The number of rotatable bonds is 6. The molecule has 10 heteroatoms. The summed E-state index contributed by atoms with van der Waals surface area (Å²) in [7, 11) is 1.55. The molecule has 0 spiro atoms. The number of benzene rings is 1. The van der Waals surface area contributed by atoms with Gasteiger partial charge in [-0.15, -0.1) is 0 Å². The lowest BCUT2D eigenvalue weighted by Gasteiger charge is -2.29. The van der Waals surface area contributed by atoms with E-state index < -0.39 is 5.69 Å². The predicted octanol–water partition coefficient (Wildman–Crippen LogP) is 3.08. The molecular formula is C23H29N5O4S. The molecule has 3 heterocycles. The van der Waals surface area contributed by atoms with Gasteiger partial charge in [-0.2, -0.15) is 0 Å². The smallest absolute Gasteiger partial charge is 0.333 e. The topological polar surface area (TPSA) is 98.5 Å². The number of methoxy groups -OCH3 is 1. The van der Waals surface area contributed by atoms with Crippen LogP contribution in [0, 0.1) is 5.92 Å². The summed E-state index contributed by atoms with van der Waals surface area (Å²) in [6.45, 7) is 7.27. The first kappa shape index (κ1) is 23.0. The Hall–Kier alpha value is -3.14. The second-order valence-corrected chi connectivity index (χ2v) is 9.71. The average molecular weight is 472 g/mol. The fourth-order valence-electron chi connectivity index (χ4n) is 4.02. The molecule has 33 heavy (non-hydrogen) atoms. The highest BCUT2D eigenvalue weighted by Crippen LogP contribution is 2.29. The van der Waals surface area contributed by atoms with Gasteiger partial charge >= 0.3 is 5.69 Å². The van der Waals surface area contributed by atoms with Crippen molar-refractivity contribution in [3.05, 3.63) is 45.1 Å². The SMILES string of the molecule is COc1cccc(NC(=O)Cn2c(=O)n(C(C)C)c(=O)c3sc(N4CCC(C)CC4)nc32)c1. The maximum atomic E-state index is 13.2. The van der Waals surface area contributed by atoms with E-state index in [-0.39, 0.29) is 29.7 Å². The Bertz CT molecular complexity index is 1280. The third-order valence-electron chi connectivity index (χ3n) is 5.93. The highest BCUT2D eigenvalue weighted by molar-refractivity contribution is 7.22. The highest BCUT2D eigenvalue weighted by atomic mass is 32.1. The summed E-state index contributed by atoms with van der Waals surface area (Å²) in [4.78, 5) is 46.0. The Morgan fingerprint density at radius 2 is 2.00 bits per heavy atom. The second kappa shape index (κ2) is 9.38. The van der Waals surface area contributed by atoms with E-state index in [1.54, 1.807) is 45.2 Å². The predicted molar refractivity (Wildman–Crippen MR) is 131 cm³/mol. The third kappa shape index (κ3) is 4.66. The molecule has 4 rings (SSSR count). The van der Waals surface area contributed by atoms with Crippen molar-refractivity contribution in [3.63, 3.8) is 0 Å². The van der Waals surface area contributed by atoms with Gasteiger partial charge in [0, 0.05) is 30.9 Å². The van der Waals surface area contributed by atoms with Crippen LogP contribution in [0.5, 0.6) is 5.75 Å². The minimum Gasteiger partial charge on any atom is -0.497 e. The van der Waals surface area contributed by atoms with Crippen LogP contribution in [-0.4, -0.2) is 40.2 Å². The van der Waals surface area contributed by atoms with Crippen LogP contribution in [0.15, 0.2) is 33.9 Å². The van der Waals surface area contributed by atoms with E-state index in [9.17, 15) is 14.4 Å². The molecule has 176 valence electrons. The highest BCUT2D eigenvalue weighted by Gasteiger charge is 2.24. The Morgan fingerprint density at radius 1 is 1.27 bits per heavy atom. The number of nitrogens with one attached hydrogen (secondary N) is 1. The van der Waals surface area contributed by atoms with Gasteiger partial charge < -0.3 is 15.0 Å². The summed E-state index contributed by atoms with van der Waals surface area (Å²) in [5.41, 5.74) is -0.0699. The number of amides is 1. The van der Waals surface area contributed by atoms with Crippen LogP contribution in [0.25, 0.3) is 10.3 Å². The zero-order valence-electron chi connectivity index (χ0n) is 19.3. The van der Waals surface area contributed by atoms with E-state index in [0.717, 1.165) is 31.1 Å². The van der Waals surface area contributed by atoms with E-state index in [4.69, 9.17) is 4.74 Å². The molecule has 1 aliphatic heterocycles. The minimum atomic E-state index is -0.535. The summed E-state index contributed by atoms with van der Waals surface area (Å²) >= 11 is 1.30. The summed E-state index contributed by atoms with van der Waals surface area (Å²) in [5, 5.41) is 3.51. The number of ether oxygens (including phenoxy) is 1. The first-order chi connectivity index (χ1) is 15.8. The Morgan fingerprint density at radius 3 is 2.67 bits per heavy atom. The summed E-state index contributed by atoms with van der Waals surface area (Å²) in [6.07, 6.45) is 2.11. The van der Waals surface area contributed by atoms with Crippen molar-refractivity contribution >= 4 is 38.4 Å². The van der Waals surface area contributed by atoms with Gasteiger partial charge in [-0.05, 0) is 44.7 Å². The van der Waals surface area contributed by atoms with Crippen LogP contribution in [-0.2, 0) is 11.3 Å². The van der Waals surface area contributed by atoms with Crippen molar-refractivity contribution in [1.29, 1.82) is 0 Å². The zero-order valence-corrected chi connectivity index (χ0v) is 20.1. The lowest BCUT2D eigenvalue weighted by atomic mass is 10.00.